The first kappa shape index (κ1) is 17.8. The lowest BCUT2D eigenvalue weighted by molar-refractivity contribution is -0.168. The van der Waals surface area contributed by atoms with Crippen molar-refractivity contribution >= 4 is 17.8 Å². The van der Waals surface area contributed by atoms with Crippen LogP contribution in [0.5, 0.6) is 0 Å². The predicted octanol–water partition coefficient (Wildman–Crippen LogP) is 3.13. The molecule has 26 heavy (non-hydrogen) atoms. The molecule has 0 spiro atoms. The van der Waals surface area contributed by atoms with Gasteiger partial charge in [-0.25, -0.2) is 4.79 Å². The second kappa shape index (κ2) is 8.40. The van der Waals surface area contributed by atoms with Gasteiger partial charge in [0.1, 0.15) is 0 Å². The molecule has 2 aromatic rings. The van der Waals surface area contributed by atoms with Gasteiger partial charge in [0.2, 0.25) is 0 Å². The Balaban J connectivity index is 1.36. The number of amides is 2. The zero-order valence-corrected chi connectivity index (χ0v) is 14.2. The van der Waals surface area contributed by atoms with Crippen molar-refractivity contribution in [3.05, 3.63) is 71.3 Å². The molecule has 0 aliphatic carbocycles. The molecule has 6 nitrogen and oxygen atoms in total. The van der Waals surface area contributed by atoms with Gasteiger partial charge < -0.3 is 9.57 Å². The van der Waals surface area contributed by atoms with Crippen LogP contribution >= 0.6 is 0 Å². The molecule has 0 atom stereocenters. The number of nitrogens with zero attached hydrogens (tertiary/aromatic N) is 1. The number of carbonyl (C=O) groups excluding carboxylic acids is 3. The monoisotopic (exact) mass is 353 g/mol. The molecule has 0 fully saturated rings. The zero-order valence-electron chi connectivity index (χ0n) is 14.2. The van der Waals surface area contributed by atoms with Crippen LogP contribution in [0.25, 0.3) is 0 Å². The Kier molecular flexibility index (Phi) is 5.76. The lowest BCUT2D eigenvalue weighted by Gasteiger charge is -2.12. The number of unbranched alkanes of at least 4 members (excludes halogenated alkanes) is 1. The van der Waals surface area contributed by atoms with Crippen LogP contribution in [0.15, 0.2) is 54.6 Å². The summed E-state index contributed by atoms with van der Waals surface area (Å²) in [5.74, 6) is -1.82. The summed E-state index contributed by atoms with van der Waals surface area (Å²) in [5.41, 5.74) is 1.59. The van der Waals surface area contributed by atoms with E-state index in [-0.39, 0.29) is 17.5 Å². The normalized spacial score (nSPS) is 13.0. The molecule has 2 amide bonds. The molecule has 0 N–H and O–H groups in total. The molecule has 6 heteroatoms. The molecule has 3 rings (SSSR count). The van der Waals surface area contributed by atoms with Crippen LogP contribution < -0.4 is 0 Å². The molecule has 0 unspecified atom stereocenters. The lowest BCUT2D eigenvalue weighted by Crippen LogP contribution is -2.32. The van der Waals surface area contributed by atoms with E-state index in [0.717, 1.165) is 5.56 Å². The summed E-state index contributed by atoms with van der Waals surface area (Å²) >= 11 is 0. The molecule has 0 saturated carbocycles. The zero-order chi connectivity index (χ0) is 18.4. The second-order valence-corrected chi connectivity index (χ2v) is 5.91. The minimum atomic E-state index is -0.609. The van der Waals surface area contributed by atoms with Gasteiger partial charge in [0.25, 0.3) is 11.8 Å². The molecular formula is C20H19NO5. The first-order chi connectivity index (χ1) is 12.7. The number of hydrogen-bond acceptors (Lipinski definition) is 5. The van der Waals surface area contributed by atoms with Crippen molar-refractivity contribution in [3.8, 4) is 0 Å². The second-order valence-electron chi connectivity index (χ2n) is 5.91. The molecule has 134 valence electrons. The fourth-order valence-electron chi connectivity index (χ4n) is 2.64. The van der Waals surface area contributed by atoms with Gasteiger partial charge in [0, 0.05) is 13.0 Å². The SMILES string of the molecule is O=C(CCCCOCc1ccccc1)ON1C(=O)c2ccccc2C1=O. The third kappa shape index (κ3) is 4.15. The van der Waals surface area contributed by atoms with E-state index in [4.69, 9.17) is 9.57 Å². The first-order valence-electron chi connectivity index (χ1n) is 8.47. The predicted molar refractivity (Wildman–Crippen MR) is 93.0 cm³/mol. The Labute approximate surface area is 151 Å². The van der Waals surface area contributed by atoms with E-state index in [9.17, 15) is 14.4 Å². The van der Waals surface area contributed by atoms with E-state index < -0.39 is 17.8 Å². The Bertz CT molecular complexity index is 768. The minimum absolute atomic E-state index is 0.113. The smallest absolute Gasteiger partial charge is 0.333 e. The van der Waals surface area contributed by atoms with E-state index in [0.29, 0.717) is 31.1 Å². The van der Waals surface area contributed by atoms with Gasteiger partial charge in [-0.1, -0.05) is 47.5 Å². The van der Waals surface area contributed by atoms with Crippen molar-refractivity contribution < 1.29 is 24.0 Å². The molecule has 0 saturated heterocycles. The summed E-state index contributed by atoms with van der Waals surface area (Å²) in [6.07, 6.45) is 1.35. The van der Waals surface area contributed by atoms with Crippen LogP contribution in [-0.2, 0) is 21.0 Å². The number of carbonyl (C=O) groups is 3. The van der Waals surface area contributed by atoms with Crippen LogP contribution in [0, 0.1) is 0 Å². The number of rotatable bonds is 8. The number of ether oxygens (including phenoxy) is 1. The summed E-state index contributed by atoms with van der Waals surface area (Å²) in [6.45, 7) is 1.05. The van der Waals surface area contributed by atoms with Gasteiger partial charge in [-0.05, 0) is 30.5 Å². The van der Waals surface area contributed by atoms with Gasteiger partial charge >= 0.3 is 5.97 Å². The molecule has 0 aromatic heterocycles. The van der Waals surface area contributed by atoms with Crippen LogP contribution in [0.3, 0.4) is 0 Å². The van der Waals surface area contributed by atoms with Crippen LogP contribution in [0.4, 0.5) is 0 Å². The fourth-order valence-corrected chi connectivity index (χ4v) is 2.64. The molecular weight excluding hydrogens is 334 g/mol. The summed E-state index contributed by atoms with van der Waals surface area (Å²) < 4.78 is 5.54. The van der Waals surface area contributed by atoms with Crippen LogP contribution in [-0.4, -0.2) is 29.5 Å². The van der Waals surface area contributed by atoms with Crippen molar-refractivity contribution in [2.45, 2.75) is 25.9 Å². The van der Waals surface area contributed by atoms with Gasteiger partial charge in [-0.2, -0.15) is 0 Å². The van der Waals surface area contributed by atoms with Crippen LogP contribution in [0.2, 0.25) is 0 Å². The largest absolute Gasteiger partial charge is 0.377 e. The summed E-state index contributed by atoms with van der Waals surface area (Å²) in [7, 11) is 0. The average Bonchev–Trinajstić information content (AvgIpc) is 2.91. The summed E-state index contributed by atoms with van der Waals surface area (Å²) in [4.78, 5) is 41.0. The highest BCUT2D eigenvalue weighted by atomic mass is 16.7. The number of imide groups is 1. The van der Waals surface area contributed by atoms with Gasteiger partial charge in [-0.15, -0.1) is 0 Å². The number of hydrogen-bond donors (Lipinski definition) is 0. The Morgan fingerprint density at radius 2 is 1.46 bits per heavy atom. The molecule has 1 aliphatic heterocycles. The number of benzene rings is 2. The summed E-state index contributed by atoms with van der Waals surface area (Å²) in [6, 6.07) is 16.2. The topological polar surface area (TPSA) is 72.9 Å². The minimum Gasteiger partial charge on any atom is -0.377 e. The lowest BCUT2D eigenvalue weighted by atomic mass is 10.1. The van der Waals surface area contributed by atoms with Crippen molar-refractivity contribution in [2.75, 3.05) is 6.61 Å². The van der Waals surface area contributed by atoms with Gasteiger partial charge in [0.15, 0.2) is 0 Å². The first-order valence-corrected chi connectivity index (χ1v) is 8.47. The van der Waals surface area contributed by atoms with E-state index in [2.05, 4.69) is 0 Å². The van der Waals surface area contributed by atoms with E-state index in [1.807, 2.05) is 30.3 Å². The highest BCUT2D eigenvalue weighted by Gasteiger charge is 2.38. The maximum atomic E-state index is 12.1. The van der Waals surface area contributed by atoms with Crippen molar-refractivity contribution in [1.29, 1.82) is 0 Å². The fraction of sp³-hybridized carbons (Fsp3) is 0.250. The third-order valence-electron chi connectivity index (χ3n) is 3.98. The van der Waals surface area contributed by atoms with Crippen molar-refractivity contribution in [1.82, 2.24) is 5.06 Å². The average molecular weight is 353 g/mol. The Morgan fingerprint density at radius 3 is 2.12 bits per heavy atom. The third-order valence-corrected chi connectivity index (χ3v) is 3.98. The summed E-state index contributed by atoms with van der Waals surface area (Å²) in [5, 5.41) is 0.541. The highest BCUT2D eigenvalue weighted by molar-refractivity contribution is 6.20. The van der Waals surface area contributed by atoms with E-state index in [1.54, 1.807) is 12.1 Å². The van der Waals surface area contributed by atoms with E-state index in [1.165, 1.54) is 12.1 Å². The van der Waals surface area contributed by atoms with Gasteiger partial charge in [0.05, 0.1) is 17.7 Å². The highest BCUT2D eigenvalue weighted by Crippen LogP contribution is 2.22. The Morgan fingerprint density at radius 1 is 0.846 bits per heavy atom. The molecule has 0 radical (unpaired) electrons. The Hall–Kier alpha value is -2.99. The van der Waals surface area contributed by atoms with Gasteiger partial charge in [-0.3, -0.25) is 9.59 Å². The van der Waals surface area contributed by atoms with Crippen molar-refractivity contribution in [2.24, 2.45) is 0 Å². The maximum Gasteiger partial charge on any atom is 0.333 e. The molecule has 2 aromatic carbocycles. The molecule has 1 aliphatic rings. The molecule has 1 heterocycles. The maximum absolute atomic E-state index is 12.1. The standard InChI is InChI=1S/C20H19NO5/c22-18(12-6-7-13-25-14-15-8-2-1-3-9-15)26-21-19(23)16-10-4-5-11-17(16)20(21)24/h1-5,8-11H,6-7,12-14H2. The number of hydroxylamine groups is 2. The van der Waals surface area contributed by atoms with E-state index >= 15 is 0 Å². The molecule has 0 bridgehead atoms. The van der Waals surface area contributed by atoms with Crippen LogP contribution in [0.1, 0.15) is 45.5 Å². The van der Waals surface area contributed by atoms with Crippen molar-refractivity contribution in [3.63, 3.8) is 0 Å². The number of fused-ring (bicyclic) bond motifs is 1. The quantitative estimate of drug-likeness (QED) is 0.538.